The zero-order chi connectivity index (χ0) is 6.41. The molecule has 1 heterocycles. The highest BCUT2D eigenvalue weighted by Crippen LogP contribution is 1.87. The van der Waals surface area contributed by atoms with Gasteiger partial charge in [0, 0.05) is 6.21 Å². The number of hydrogen-bond acceptors (Lipinski definition) is 2. The molecule has 1 unspecified atom stereocenters. The van der Waals surface area contributed by atoms with Crippen LogP contribution in [0.25, 0.3) is 0 Å². The Hall–Kier alpha value is -0.660. The molecule has 0 aliphatic carbocycles. The molecule has 0 saturated carbocycles. The highest BCUT2D eigenvalue weighted by atomic mass is 14.9. The molecule has 46 valence electrons. The maximum absolute atomic E-state index is 3.89. The number of nitrogens with zero attached hydrogens (tertiary/aromatic N) is 2. The average Bonchev–Trinajstić information content (AvgIpc) is 2.24. The van der Waals surface area contributed by atoms with E-state index in [1.807, 2.05) is 20.8 Å². The molecule has 0 aromatic carbocycles. The van der Waals surface area contributed by atoms with Gasteiger partial charge in [0.25, 0.3) is 0 Å². The van der Waals surface area contributed by atoms with E-state index in [1.165, 1.54) is 0 Å². The Labute approximate surface area is 50.4 Å². The van der Waals surface area contributed by atoms with Crippen LogP contribution in [0.15, 0.2) is 9.98 Å². The van der Waals surface area contributed by atoms with Crippen LogP contribution in [0.5, 0.6) is 0 Å². The molecular formula is C6H12N2. The Balaban J connectivity index is 0.000000222. The molecule has 0 N–H and O–H groups in total. The standard InChI is InChI=1S/C4H6N2.C2H6/c1-4-2-5-3-6-4;1-2/h2-4H,1H3;1-2H3. The van der Waals surface area contributed by atoms with Gasteiger partial charge in [-0.2, -0.15) is 0 Å². The van der Waals surface area contributed by atoms with E-state index in [9.17, 15) is 0 Å². The van der Waals surface area contributed by atoms with Gasteiger partial charge >= 0.3 is 0 Å². The normalized spacial score (nSPS) is 22.6. The third-order valence-corrected chi connectivity index (χ3v) is 0.670. The van der Waals surface area contributed by atoms with Crippen molar-refractivity contribution in [3.63, 3.8) is 0 Å². The minimum atomic E-state index is 0.324. The molecule has 0 fully saturated rings. The summed E-state index contributed by atoms with van der Waals surface area (Å²) in [5.41, 5.74) is 0. The molecular weight excluding hydrogens is 100 g/mol. The first-order chi connectivity index (χ1) is 3.89. The number of aliphatic imine (C=N–C) groups is 2. The van der Waals surface area contributed by atoms with Gasteiger partial charge in [-0.25, -0.2) is 4.99 Å². The molecule has 8 heavy (non-hydrogen) atoms. The SMILES string of the molecule is CC.CC1C=NC=N1. The molecule has 1 aliphatic heterocycles. The molecule has 0 bridgehead atoms. The zero-order valence-electron chi connectivity index (χ0n) is 5.63. The van der Waals surface area contributed by atoms with Crippen molar-refractivity contribution >= 4 is 12.6 Å². The van der Waals surface area contributed by atoms with Crippen LogP contribution >= 0.6 is 0 Å². The fraction of sp³-hybridized carbons (Fsp3) is 0.667. The maximum atomic E-state index is 3.89. The maximum Gasteiger partial charge on any atom is 0.110 e. The predicted octanol–water partition coefficient (Wildman–Crippen LogP) is 1.51. The van der Waals surface area contributed by atoms with Crippen molar-refractivity contribution < 1.29 is 0 Å². The van der Waals surface area contributed by atoms with Gasteiger partial charge in [-0.3, -0.25) is 4.99 Å². The highest BCUT2D eigenvalue weighted by molar-refractivity contribution is 5.81. The van der Waals surface area contributed by atoms with Crippen molar-refractivity contribution in [2.45, 2.75) is 26.8 Å². The van der Waals surface area contributed by atoms with Crippen molar-refractivity contribution in [3.8, 4) is 0 Å². The topological polar surface area (TPSA) is 24.7 Å². The quantitative estimate of drug-likeness (QED) is 0.454. The van der Waals surface area contributed by atoms with Crippen LogP contribution in [0, 0.1) is 0 Å². The first kappa shape index (κ1) is 7.34. The summed E-state index contributed by atoms with van der Waals surface area (Å²) in [7, 11) is 0. The lowest BCUT2D eigenvalue weighted by Gasteiger charge is -1.81. The van der Waals surface area contributed by atoms with Crippen LogP contribution in [-0.4, -0.2) is 18.6 Å². The molecule has 0 amide bonds. The van der Waals surface area contributed by atoms with Gasteiger partial charge in [0.1, 0.15) is 6.34 Å². The first-order valence-corrected chi connectivity index (χ1v) is 2.94. The second-order valence-corrected chi connectivity index (χ2v) is 1.30. The summed E-state index contributed by atoms with van der Waals surface area (Å²) in [5.74, 6) is 0. The van der Waals surface area contributed by atoms with E-state index in [0.717, 1.165) is 0 Å². The number of hydrogen-bond donors (Lipinski definition) is 0. The van der Waals surface area contributed by atoms with E-state index in [4.69, 9.17) is 0 Å². The van der Waals surface area contributed by atoms with Crippen LogP contribution in [0.1, 0.15) is 20.8 Å². The van der Waals surface area contributed by atoms with Gasteiger partial charge in [0.2, 0.25) is 0 Å². The third-order valence-electron chi connectivity index (χ3n) is 0.670. The van der Waals surface area contributed by atoms with E-state index in [-0.39, 0.29) is 0 Å². The zero-order valence-corrected chi connectivity index (χ0v) is 5.63. The second kappa shape index (κ2) is 4.50. The number of rotatable bonds is 0. The lowest BCUT2D eigenvalue weighted by atomic mass is 10.4. The molecule has 0 spiro atoms. The Kier molecular flexibility index (Phi) is 4.13. The fourth-order valence-corrected chi connectivity index (χ4v) is 0.345. The van der Waals surface area contributed by atoms with Crippen molar-refractivity contribution in [3.05, 3.63) is 0 Å². The molecule has 0 aromatic rings. The van der Waals surface area contributed by atoms with Crippen molar-refractivity contribution in [1.29, 1.82) is 0 Å². The lowest BCUT2D eigenvalue weighted by Crippen LogP contribution is -1.90. The summed E-state index contributed by atoms with van der Waals surface area (Å²) in [6, 6.07) is 0.324. The Morgan fingerprint density at radius 1 is 1.38 bits per heavy atom. The van der Waals surface area contributed by atoms with Crippen LogP contribution in [0.3, 0.4) is 0 Å². The van der Waals surface area contributed by atoms with Gasteiger partial charge in [-0.1, -0.05) is 13.8 Å². The van der Waals surface area contributed by atoms with Crippen molar-refractivity contribution in [2.75, 3.05) is 0 Å². The molecule has 0 aromatic heterocycles. The molecule has 2 heteroatoms. The Bertz CT molecular complexity index is 82.7. The van der Waals surface area contributed by atoms with Gasteiger partial charge in [0.15, 0.2) is 0 Å². The molecule has 1 rings (SSSR count). The molecule has 1 aliphatic rings. The third kappa shape index (κ3) is 2.50. The van der Waals surface area contributed by atoms with E-state index in [2.05, 4.69) is 9.98 Å². The van der Waals surface area contributed by atoms with Crippen LogP contribution < -0.4 is 0 Å². The second-order valence-electron chi connectivity index (χ2n) is 1.30. The summed E-state index contributed by atoms with van der Waals surface area (Å²) in [6.45, 7) is 5.99. The predicted molar refractivity (Wildman–Crippen MR) is 37.8 cm³/mol. The van der Waals surface area contributed by atoms with E-state index in [1.54, 1.807) is 12.6 Å². The summed E-state index contributed by atoms with van der Waals surface area (Å²) < 4.78 is 0. The molecule has 2 nitrogen and oxygen atoms in total. The van der Waals surface area contributed by atoms with E-state index < -0.39 is 0 Å². The van der Waals surface area contributed by atoms with Gasteiger partial charge in [-0.05, 0) is 6.92 Å². The van der Waals surface area contributed by atoms with Gasteiger partial charge < -0.3 is 0 Å². The summed E-state index contributed by atoms with van der Waals surface area (Å²) in [6.07, 6.45) is 3.38. The largest absolute Gasteiger partial charge is 0.265 e. The minimum absolute atomic E-state index is 0.324. The van der Waals surface area contributed by atoms with Crippen LogP contribution in [-0.2, 0) is 0 Å². The summed E-state index contributed by atoms with van der Waals surface area (Å²) in [4.78, 5) is 7.64. The van der Waals surface area contributed by atoms with Crippen LogP contribution in [0.4, 0.5) is 0 Å². The monoisotopic (exact) mass is 112 g/mol. The average molecular weight is 112 g/mol. The highest BCUT2D eigenvalue weighted by Gasteiger charge is 1.92. The van der Waals surface area contributed by atoms with Gasteiger partial charge in [0.05, 0.1) is 6.04 Å². The molecule has 0 saturated heterocycles. The molecule has 0 radical (unpaired) electrons. The first-order valence-electron chi connectivity index (χ1n) is 2.94. The van der Waals surface area contributed by atoms with Gasteiger partial charge in [-0.15, -0.1) is 0 Å². The smallest absolute Gasteiger partial charge is 0.110 e. The summed E-state index contributed by atoms with van der Waals surface area (Å²) >= 11 is 0. The van der Waals surface area contributed by atoms with E-state index >= 15 is 0 Å². The Morgan fingerprint density at radius 3 is 2.12 bits per heavy atom. The molecule has 1 atom stereocenters. The summed E-state index contributed by atoms with van der Waals surface area (Å²) in [5, 5.41) is 0. The fourth-order valence-electron chi connectivity index (χ4n) is 0.345. The Morgan fingerprint density at radius 2 is 2.00 bits per heavy atom. The van der Waals surface area contributed by atoms with Crippen molar-refractivity contribution in [1.82, 2.24) is 0 Å². The van der Waals surface area contributed by atoms with E-state index in [0.29, 0.717) is 6.04 Å². The van der Waals surface area contributed by atoms with Crippen molar-refractivity contribution in [2.24, 2.45) is 9.98 Å². The lowest BCUT2D eigenvalue weighted by molar-refractivity contribution is 1.02. The van der Waals surface area contributed by atoms with Crippen LogP contribution in [0.2, 0.25) is 0 Å². The minimum Gasteiger partial charge on any atom is -0.265 e.